The Morgan fingerprint density at radius 2 is 0.969 bits per heavy atom. The van der Waals surface area contributed by atoms with E-state index in [0.29, 0.717) is 16.2 Å². The lowest BCUT2D eigenvalue weighted by molar-refractivity contribution is -0.113. The Kier molecular flexibility index (Phi) is 3.84. The number of carbonyl (C=O) groups excluding carboxylic acids is 2. The van der Waals surface area contributed by atoms with E-state index in [1.165, 1.54) is 30.3 Å². The van der Waals surface area contributed by atoms with E-state index in [-0.39, 0.29) is 27.3 Å². The fraction of sp³-hybridized carbons (Fsp3) is 0. The van der Waals surface area contributed by atoms with Gasteiger partial charge < -0.3 is 30.6 Å². The fourth-order valence-corrected chi connectivity index (χ4v) is 4.15. The summed E-state index contributed by atoms with van der Waals surface area (Å²) in [5, 5.41) is 63.3. The van der Waals surface area contributed by atoms with Gasteiger partial charge in [-0.3, -0.25) is 9.59 Å². The summed E-state index contributed by atoms with van der Waals surface area (Å²) in [6.07, 6.45) is 3.15. The minimum atomic E-state index is -0.656. The van der Waals surface area contributed by atoms with Gasteiger partial charge >= 0.3 is 0 Å². The van der Waals surface area contributed by atoms with Crippen molar-refractivity contribution in [3.8, 4) is 34.5 Å². The molecule has 0 unspecified atom stereocenters. The van der Waals surface area contributed by atoms with Crippen molar-refractivity contribution in [1.29, 1.82) is 0 Å². The molecule has 0 saturated heterocycles. The summed E-state index contributed by atoms with van der Waals surface area (Å²) in [4.78, 5) is 24.6. The van der Waals surface area contributed by atoms with Crippen LogP contribution in [-0.4, -0.2) is 42.2 Å². The van der Waals surface area contributed by atoms with Crippen LogP contribution in [0.1, 0.15) is 5.56 Å². The standard InChI is InChI=1S/C24H14O8/c25-9-1-2-16(26)15(3-9)23-22-13-7-20(30)19(29)5-11(13)10-4-17(27)18(28)6-12(10)14(22)8-21(31)24(23)32/h1-8,27-32H. The third-order valence-corrected chi connectivity index (χ3v) is 5.58. The topological polar surface area (TPSA) is 156 Å². The van der Waals surface area contributed by atoms with Crippen LogP contribution in [0.25, 0.3) is 37.9 Å². The first-order valence-corrected chi connectivity index (χ1v) is 9.37. The summed E-state index contributed by atoms with van der Waals surface area (Å²) >= 11 is 0. The lowest BCUT2D eigenvalue weighted by Crippen LogP contribution is -2.07. The Morgan fingerprint density at radius 1 is 0.531 bits per heavy atom. The molecule has 0 amide bonds. The summed E-state index contributed by atoms with van der Waals surface area (Å²) in [7, 11) is 0. The molecule has 0 radical (unpaired) electrons. The number of rotatable bonds is 1. The van der Waals surface area contributed by atoms with Gasteiger partial charge in [0.2, 0.25) is 0 Å². The van der Waals surface area contributed by atoms with Crippen molar-refractivity contribution in [2.75, 3.05) is 0 Å². The van der Waals surface area contributed by atoms with Gasteiger partial charge in [0, 0.05) is 16.5 Å². The minimum absolute atomic E-state index is 0.146. The monoisotopic (exact) mass is 430 g/mol. The number of benzene rings is 4. The summed E-state index contributed by atoms with van der Waals surface area (Å²) < 4.78 is 0. The van der Waals surface area contributed by atoms with Crippen LogP contribution in [0, 0.1) is 0 Å². The van der Waals surface area contributed by atoms with E-state index in [4.69, 9.17) is 0 Å². The normalized spacial score (nSPS) is 13.9. The molecule has 4 aromatic rings. The second-order valence-electron chi connectivity index (χ2n) is 7.47. The van der Waals surface area contributed by atoms with Gasteiger partial charge in [0.1, 0.15) is 0 Å². The van der Waals surface area contributed by atoms with Gasteiger partial charge in [-0.1, -0.05) is 0 Å². The molecule has 0 aliphatic heterocycles. The van der Waals surface area contributed by atoms with E-state index in [1.807, 2.05) is 0 Å². The lowest BCUT2D eigenvalue weighted by atomic mass is 9.85. The summed E-state index contributed by atoms with van der Waals surface area (Å²) in [6.45, 7) is 0. The van der Waals surface area contributed by atoms with E-state index in [2.05, 4.69) is 0 Å². The van der Waals surface area contributed by atoms with E-state index in [0.717, 1.165) is 18.2 Å². The van der Waals surface area contributed by atoms with Crippen molar-refractivity contribution in [3.63, 3.8) is 0 Å². The number of allylic oxidation sites excluding steroid dienone is 4. The highest BCUT2D eigenvalue weighted by molar-refractivity contribution is 6.39. The van der Waals surface area contributed by atoms with Gasteiger partial charge in [-0.25, -0.2) is 0 Å². The van der Waals surface area contributed by atoms with E-state index < -0.39 is 46.1 Å². The van der Waals surface area contributed by atoms with E-state index in [9.17, 15) is 40.2 Å². The van der Waals surface area contributed by atoms with Gasteiger partial charge in [0.15, 0.2) is 46.1 Å². The zero-order chi connectivity index (χ0) is 22.9. The molecule has 0 bridgehead atoms. The third kappa shape index (κ3) is 2.56. The number of hydrogen-bond acceptors (Lipinski definition) is 8. The van der Waals surface area contributed by atoms with Gasteiger partial charge in [-0.05, 0) is 75.5 Å². The van der Waals surface area contributed by atoms with Gasteiger partial charge in [-0.2, -0.15) is 0 Å². The second-order valence-corrected chi connectivity index (χ2v) is 7.47. The first-order chi connectivity index (χ1) is 15.2. The average Bonchev–Trinajstić information content (AvgIpc) is 2.74. The quantitative estimate of drug-likeness (QED) is 0.152. The maximum atomic E-state index is 12.6. The highest BCUT2D eigenvalue weighted by atomic mass is 16.3. The van der Waals surface area contributed by atoms with Crippen LogP contribution < -0.4 is 0 Å². The number of ketones is 2. The van der Waals surface area contributed by atoms with Crippen LogP contribution in [0.2, 0.25) is 0 Å². The number of hydrogen-bond donors (Lipinski definition) is 6. The number of aromatic hydroxyl groups is 6. The fourth-order valence-electron chi connectivity index (χ4n) is 4.15. The van der Waals surface area contributed by atoms with Crippen LogP contribution in [0.5, 0.6) is 34.5 Å². The summed E-state index contributed by atoms with van der Waals surface area (Å²) in [5.74, 6) is -4.16. The number of phenolic OH excluding ortho intramolecular Hbond substituents is 6. The number of fused-ring (bicyclic) bond motifs is 6. The van der Waals surface area contributed by atoms with Crippen molar-refractivity contribution >= 4 is 49.5 Å². The number of carbonyl (C=O) groups is 2. The minimum Gasteiger partial charge on any atom is -0.504 e. The Bertz CT molecular complexity index is 1560. The molecule has 8 heteroatoms. The molecule has 6 N–H and O–H groups in total. The highest BCUT2D eigenvalue weighted by Gasteiger charge is 2.26. The molecule has 32 heavy (non-hydrogen) atoms. The van der Waals surface area contributed by atoms with Crippen molar-refractivity contribution in [3.05, 3.63) is 54.1 Å². The number of phenols is 6. The molecule has 0 aromatic heterocycles. The summed E-state index contributed by atoms with van der Waals surface area (Å²) in [6, 6.07) is 6.14. The largest absolute Gasteiger partial charge is 0.504 e. The third-order valence-electron chi connectivity index (χ3n) is 5.58. The predicted octanol–water partition coefficient (Wildman–Crippen LogP) is 3.47. The Balaban J connectivity index is 2.13. The molecule has 0 saturated carbocycles. The average molecular weight is 430 g/mol. The Hall–Kier alpha value is -4.72. The molecule has 8 nitrogen and oxygen atoms in total. The highest BCUT2D eigenvalue weighted by Crippen LogP contribution is 2.49. The maximum Gasteiger partial charge on any atom is 0.186 e. The van der Waals surface area contributed by atoms with Crippen LogP contribution in [0.4, 0.5) is 0 Å². The smallest absolute Gasteiger partial charge is 0.186 e. The van der Waals surface area contributed by atoms with Gasteiger partial charge in [0.05, 0.1) is 0 Å². The lowest BCUT2D eigenvalue weighted by Gasteiger charge is -2.18. The molecular weight excluding hydrogens is 416 g/mol. The van der Waals surface area contributed by atoms with E-state index in [1.54, 1.807) is 0 Å². The zero-order valence-electron chi connectivity index (χ0n) is 16.1. The molecule has 0 fully saturated rings. The van der Waals surface area contributed by atoms with Gasteiger partial charge in [0.25, 0.3) is 0 Å². The molecule has 0 heterocycles. The van der Waals surface area contributed by atoms with Crippen LogP contribution in [0.3, 0.4) is 0 Å². The zero-order valence-corrected chi connectivity index (χ0v) is 16.1. The predicted molar refractivity (Wildman–Crippen MR) is 116 cm³/mol. The SMILES string of the molecule is O=C1C=CC(=O)C(c2c(O)c(O)cc3c4cc(O)c(O)cc4c4cc(O)c(O)cc4c23)=C1. The van der Waals surface area contributed by atoms with Crippen molar-refractivity contribution in [1.82, 2.24) is 0 Å². The molecule has 1 aliphatic rings. The van der Waals surface area contributed by atoms with Crippen LogP contribution in [-0.2, 0) is 9.59 Å². The van der Waals surface area contributed by atoms with Crippen LogP contribution >= 0.6 is 0 Å². The molecular formula is C24H14O8. The molecule has 1 aliphatic carbocycles. The molecule has 5 rings (SSSR count). The van der Waals surface area contributed by atoms with Crippen LogP contribution in [0.15, 0.2) is 48.6 Å². The van der Waals surface area contributed by atoms with Crippen molar-refractivity contribution < 1.29 is 40.2 Å². The van der Waals surface area contributed by atoms with E-state index >= 15 is 0 Å². The molecule has 0 spiro atoms. The van der Waals surface area contributed by atoms with Crippen molar-refractivity contribution in [2.45, 2.75) is 0 Å². The van der Waals surface area contributed by atoms with Crippen molar-refractivity contribution in [2.24, 2.45) is 0 Å². The first kappa shape index (κ1) is 19.3. The molecule has 0 atom stereocenters. The second kappa shape index (κ2) is 6.39. The first-order valence-electron chi connectivity index (χ1n) is 9.37. The summed E-state index contributed by atoms with van der Waals surface area (Å²) in [5.41, 5.74) is -0.320. The molecule has 4 aromatic carbocycles. The maximum absolute atomic E-state index is 12.6. The Morgan fingerprint density at radius 3 is 1.50 bits per heavy atom. The molecule has 158 valence electrons. The Labute approximate surface area is 178 Å². The van der Waals surface area contributed by atoms with Gasteiger partial charge in [-0.15, -0.1) is 0 Å².